The summed E-state index contributed by atoms with van der Waals surface area (Å²) in [5.74, 6) is -1.70. The van der Waals surface area contributed by atoms with Crippen LogP contribution in [0, 0.1) is 11.8 Å². The van der Waals surface area contributed by atoms with Crippen LogP contribution in [-0.4, -0.2) is 48.1 Å². The highest BCUT2D eigenvalue weighted by atomic mass is 16.4. The maximum absolute atomic E-state index is 12.2. The lowest BCUT2D eigenvalue weighted by Crippen LogP contribution is -2.43. The van der Waals surface area contributed by atoms with Gasteiger partial charge in [-0.05, 0) is 38.8 Å². The molecular weight excluding hydrogens is 256 g/mol. The van der Waals surface area contributed by atoms with Crippen LogP contribution < -0.4 is 5.32 Å². The number of carboxylic acids is 1. The third kappa shape index (κ3) is 4.20. The molecule has 0 unspecified atom stereocenters. The van der Waals surface area contributed by atoms with Crippen molar-refractivity contribution in [2.45, 2.75) is 44.9 Å². The normalized spacial score (nSPS) is 28.0. The highest BCUT2D eigenvalue weighted by Crippen LogP contribution is 2.30. The molecule has 1 aliphatic carbocycles. The summed E-state index contributed by atoms with van der Waals surface area (Å²) in [6.07, 6.45) is 7.05. The minimum Gasteiger partial charge on any atom is -0.481 e. The summed E-state index contributed by atoms with van der Waals surface area (Å²) < 4.78 is 0. The molecule has 2 atom stereocenters. The fourth-order valence-electron chi connectivity index (χ4n) is 3.39. The smallest absolute Gasteiger partial charge is 0.307 e. The molecule has 0 spiro atoms. The summed E-state index contributed by atoms with van der Waals surface area (Å²) in [7, 11) is 0. The molecule has 2 fully saturated rings. The van der Waals surface area contributed by atoms with Crippen LogP contribution in [0.4, 0.5) is 0 Å². The first-order chi connectivity index (χ1) is 9.68. The fourth-order valence-corrected chi connectivity index (χ4v) is 3.39. The second kappa shape index (κ2) is 7.62. The van der Waals surface area contributed by atoms with Gasteiger partial charge in [0.25, 0.3) is 0 Å². The van der Waals surface area contributed by atoms with Gasteiger partial charge in [0.1, 0.15) is 0 Å². The number of carboxylic acid groups (broad SMARTS) is 1. The molecular formula is C15H26N2O3. The lowest BCUT2D eigenvalue weighted by atomic mass is 9.79. The van der Waals surface area contributed by atoms with E-state index in [1.807, 2.05) is 0 Å². The maximum Gasteiger partial charge on any atom is 0.307 e. The van der Waals surface area contributed by atoms with Crippen LogP contribution in [0.2, 0.25) is 0 Å². The first-order valence-corrected chi connectivity index (χ1v) is 7.91. The Balaban J connectivity index is 1.73. The van der Waals surface area contributed by atoms with Crippen LogP contribution in [0.15, 0.2) is 0 Å². The van der Waals surface area contributed by atoms with Gasteiger partial charge in [0.2, 0.25) is 5.91 Å². The number of carbonyl (C=O) groups excluding carboxylic acids is 1. The second-order valence-electron chi connectivity index (χ2n) is 6.03. The second-order valence-corrected chi connectivity index (χ2v) is 6.03. The third-order valence-electron chi connectivity index (χ3n) is 4.60. The molecule has 1 saturated carbocycles. The van der Waals surface area contributed by atoms with Crippen molar-refractivity contribution in [2.24, 2.45) is 11.8 Å². The van der Waals surface area contributed by atoms with E-state index >= 15 is 0 Å². The average molecular weight is 282 g/mol. The summed E-state index contributed by atoms with van der Waals surface area (Å²) in [6, 6.07) is 0. The van der Waals surface area contributed by atoms with Gasteiger partial charge in [-0.15, -0.1) is 0 Å². The zero-order chi connectivity index (χ0) is 14.4. The summed E-state index contributed by atoms with van der Waals surface area (Å²) in [5.41, 5.74) is 0. The lowest BCUT2D eigenvalue weighted by molar-refractivity contribution is -0.148. The average Bonchev–Trinajstić information content (AvgIpc) is 2.48. The van der Waals surface area contributed by atoms with E-state index in [0.717, 1.165) is 32.5 Å². The van der Waals surface area contributed by atoms with Crippen molar-refractivity contribution in [3.8, 4) is 0 Å². The minimum absolute atomic E-state index is 0.0610. The predicted molar refractivity (Wildman–Crippen MR) is 76.4 cm³/mol. The minimum atomic E-state index is -0.819. The quantitative estimate of drug-likeness (QED) is 0.801. The summed E-state index contributed by atoms with van der Waals surface area (Å²) in [5, 5.41) is 12.1. The standard InChI is InChI=1S/C15H26N2O3/c18-14(12-6-2-3-7-13(12)15(19)20)16-8-11-17-9-4-1-5-10-17/h12-13H,1-11H2,(H,16,18)(H,19,20)/t12-,13+/m1/s1. The van der Waals surface area contributed by atoms with E-state index in [9.17, 15) is 14.7 Å². The molecule has 0 aromatic carbocycles. The Bertz CT molecular complexity index is 340. The SMILES string of the molecule is O=C(O)[C@H]1CCCC[C@H]1C(=O)NCCN1CCCCC1. The molecule has 0 aromatic rings. The molecule has 1 aliphatic heterocycles. The van der Waals surface area contributed by atoms with Crippen molar-refractivity contribution in [1.29, 1.82) is 0 Å². The monoisotopic (exact) mass is 282 g/mol. The lowest BCUT2D eigenvalue weighted by Gasteiger charge is -2.29. The maximum atomic E-state index is 12.2. The molecule has 5 heteroatoms. The Morgan fingerprint density at radius 2 is 1.65 bits per heavy atom. The molecule has 1 heterocycles. The molecule has 2 aliphatic rings. The van der Waals surface area contributed by atoms with Gasteiger partial charge in [0, 0.05) is 13.1 Å². The Hall–Kier alpha value is -1.10. The van der Waals surface area contributed by atoms with E-state index in [-0.39, 0.29) is 11.8 Å². The molecule has 20 heavy (non-hydrogen) atoms. The summed E-state index contributed by atoms with van der Waals surface area (Å²) in [6.45, 7) is 3.77. The van der Waals surface area contributed by atoms with Crippen molar-refractivity contribution in [3.63, 3.8) is 0 Å². The van der Waals surface area contributed by atoms with Crippen molar-refractivity contribution >= 4 is 11.9 Å². The number of aliphatic carboxylic acids is 1. The van der Waals surface area contributed by atoms with Gasteiger partial charge in [0.15, 0.2) is 0 Å². The first kappa shape index (κ1) is 15.3. The zero-order valence-corrected chi connectivity index (χ0v) is 12.1. The molecule has 0 bridgehead atoms. The zero-order valence-electron chi connectivity index (χ0n) is 12.1. The summed E-state index contributed by atoms with van der Waals surface area (Å²) in [4.78, 5) is 25.7. The third-order valence-corrected chi connectivity index (χ3v) is 4.60. The number of nitrogens with one attached hydrogen (secondary N) is 1. The summed E-state index contributed by atoms with van der Waals surface area (Å²) >= 11 is 0. The number of hydrogen-bond donors (Lipinski definition) is 2. The molecule has 0 radical (unpaired) electrons. The van der Waals surface area contributed by atoms with Crippen molar-refractivity contribution < 1.29 is 14.7 Å². The predicted octanol–water partition coefficient (Wildman–Crippen LogP) is 1.48. The van der Waals surface area contributed by atoms with Crippen molar-refractivity contribution in [3.05, 3.63) is 0 Å². The molecule has 5 nitrogen and oxygen atoms in total. The molecule has 0 aromatic heterocycles. The highest BCUT2D eigenvalue weighted by Gasteiger charge is 2.35. The molecule has 2 rings (SSSR count). The van der Waals surface area contributed by atoms with Gasteiger partial charge in [-0.3, -0.25) is 9.59 Å². The number of hydrogen-bond acceptors (Lipinski definition) is 3. The van der Waals surface area contributed by atoms with E-state index < -0.39 is 11.9 Å². The molecule has 1 saturated heterocycles. The van der Waals surface area contributed by atoms with E-state index in [0.29, 0.717) is 19.4 Å². The van der Waals surface area contributed by atoms with Crippen LogP contribution >= 0.6 is 0 Å². The van der Waals surface area contributed by atoms with Crippen LogP contribution in [0.5, 0.6) is 0 Å². The van der Waals surface area contributed by atoms with Crippen LogP contribution in [0.3, 0.4) is 0 Å². The Labute approximate surface area is 120 Å². The Morgan fingerprint density at radius 1 is 1.00 bits per heavy atom. The van der Waals surface area contributed by atoms with Gasteiger partial charge in [-0.1, -0.05) is 19.3 Å². The number of carbonyl (C=O) groups is 2. The van der Waals surface area contributed by atoms with E-state index in [4.69, 9.17) is 0 Å². The van der Waals surface area contributed by atoms with Crippen LogP contribution in [-0.2, 0) is 9.59 Å². The van der Waals surface area contributed by atoms with Crippen LogP contribution in [0.1, 0.15) is 44.9 Å². The number of rotatable bonds is 5. The van der Waals surface area contributed by atoms with Crippen molar-refractivity contribution in [2.75, 3.05) is 26.2 Å². The van der Waals surface area contributed by atoms with Crippen molar-refractivity contribution in [1.82, 2.24) is 10.2 Å². The largest absolute Gasteiger partial charge is 0.481 e. The highest BCUT2D eigenvalue weighted by molar-refractivity contribution is 5.84. The van der Waals surface area contributed by atoms with E-state index in [1.54, 1.807) is 0 Å². The topological polar surface area (TPSA) is 69.6 Å². The van der Waals surface area contributed by atoms with E-state index in [1.165, 1.54) is 19.3 Å². The van der Waals surface area contributed by atoms with E-state index in [2.05, 4.69) is 10.2 Å². The Kier molecular flexibility index (Phi) is 5.83. The van der Waals surface area contributed by atoms with Crippen LogP contribution in [0.25, 0.3) is 0 Å². The Morgan fingerprint density at radius 3 is 2.30 bits per heavy atom. The fraction of sp³-hybridized carbons (Fsp3) is 0.867. The number of likely N-dealkylation sites (tertiary alicyclic amines) is 1. The number of piperidine rings is 1. The first-order valence-electron chi connectivity index (χ1n) is 7.91. The van der Waals surface area contributed by atoms with Gasteiger partial charge in [0.05, 0.1) is 11.8 Å². The van der Waals surface area contributed by atoms with Gasteiger partial charge < -0.3 is 15.3 Å². The van der Waals surface area contributed by atoms with Gasteiger partial charge in [-0.2, -0.15) is 0 Å². The number of nitrogens with zero attached hydrogens (tertiary/aromatic N) is 1. The van der Waals surface area contributed by atoms with Gasteiger partial charge in [-0.25, -0.2) is 0 Å². The molecule has 1 amide bonds. The molecule has 114 valence electrons. The molecule has 2 N–H and O–H groups in total. The number of amides is 1. The van der Waals surface area contributed by atoms with Gasteiger partial charge >= 0.3 is 5.97 Å².